The topological polar surface area (TPSA) is 354 Å². The number of allylic oxidation sites excluding steroid dienone is 3. The van der Waals surface area contributed by atoms with E-state index in [1.165, 1.54) is 24.3 Å². The average molecular weight is 1140 g/mol. The molecule has 11 N–H and O–H groups in total. The molecule has 80 heavy (non-hydrogen) atoms. The Balaban J connectivity index is 0.00000510. The van der Waals surface area contributed by atoms with Gasteiger partial charge in [0.05, 0.1) is 52.9 Å². The lowest BCUT2D eigenvalue weighted by Gasteiger charge is -2.14. The average Bonchev–Trinajstić information content (AvgIpc) is 4.34. The molecule has 0 bridgehead atoms. The second kappa shape index (κ2) is 29.3. The first-order valence-electron chi connectivity index (χ1n) is 26.0. The highest BCUT2D eigenvalue weighted by molar-refractivity contribution is 7.59. The van der Waals surface area contributed by atoms with Gasteiger partial charge in [-0.25, -0.2) is 9.97 Å². The highest BCUT2D eigenvalue weighted by atomic mass is 31.2. The molecule has 0 saturated carbocycles. The van der Waals surface area contributed by atoms with Crippen LogP contribution in [-0.4, -0.2) is 125 Å². The summed E-state index contributed by atoms with van der Waals surface area (Å²) < 4.78 is 20.9. The normalized spacial score (nSPS) is 12.0. The molecule has 2 atom stereocenters. The number of benzene rings is 2. The molecule has 0 fully saturated rings. The van der Waals surface area contributed by atoms with Crippen LogP contribution in [0, 0.1) is 13.8 Å². The zero-order valence-corrected chi connectivity index (χ0v) is 47.7. The van der Waals surface area contributed by atoms with Gasteiger partial charge in [-0.05, 0) is 89.4 Å². The maximum Gasteiger partial charge on any atom is 0.276 e. The molecule has 0 saturated heterocycles. The van der Waals surface area contributed by atoms with Crippen LogP contribution >= 0.6 is 17.2 Å². The van der Waals surface area contributed by atoms with E-state index in [0.717, 1.165) is 5.69 Å². The Kier molecular flexibility index (Phi) is 22.4. The smallest absolute Gasteiger partial charge is 0.276 e. The summed E-state index contributed by atoms with van der Waals surface area (Å²) in [6.07, 6.45) is 11.9. The molecule has 28 heteroatoms. The third-order valence-electron chi connectivity index (χ3n) is 12.2. The van der Waals surface area contributed by atoms with Crippen LogP contribution in [0.2, 0.25) is 0 Å². The molecule has 0 spiro atoms. The Bertz CT molecular complexity index is 3360. The van der Waals surface area contributed by atoms with E-state index in [1.807, 2.05) is 40.0 Å². The number of nitrogens with one attached hydrogen (secondary N) is 4. The molecular weight excluding hydrogens is 1070 g/mol. The quantitative estimate of drug-likeness (QED) is 0.0157. The lowest BCUT2D eigenvalue weighted by atomic mass is 10.1. The van der Waals surface area contributed by atoms with Crippen molar-refractivity contribution in [2.24, 2.45) is 11.5 Å². The van der Waals surface area contributed by atoms with Gasteiger partial charge in [-0.15, -0.1) is 0 Å². The van der Waals surface area contributed by atoms with E-state index in [0.29, 0.717) is 66.1 Å². The van der Waals surface area contributed by atoms with Gasteiger partial charge in [-0.3, -0.25) is 48.7 Å². The number of hydrogen-bond acceptors (Lipinski definition) is 16. The molecule has 5 amide bonds. The predicted molar refractivity (Wildman–Crippen MR) is 307 cm³/mol. The Morgan fingerprint density at radius 3 is 1.75 bits per heavy atom. The first-order valence-corrected chi connectivity index (χ1v) is 28.3. The van der Waals surface area contributed by atoms with E-state index < -0.39 is 46.2 Å². The van der Waals surface area contributed by atoms with E-state index in [4.69, 9.17) is 30.9 Å². The molecule has 428 valence electrons. The van der Waals surface area contributed by atoms with Gasteiger partial charge in [0.2, 0.25) is 29.6 Å². The maximum atomic E-state index is 14.0. The SMILES string of the molecule is CC.CCn1nc(C)cc1C(=O)Nc1nc2cc(C(N)=O)cc(OC/C=C/Cn3cc(NC)cn3)c2n1C/C=C/Cn1c(NC(=O)c2cc(C)nn2CC)nc2cc(C(N)=O)cc(OCCCC(=O)NCCCC(PO)P(O)O)c21. The van der Waals surface area contributed by atoms with E-state index >= 15 is 0 Å². The van der Waals surface area contributed by atoms with Crippen molar-refractivity contribution in [2.45, 2.75) is 105 Å². The van der Waals surface area contributed by atoms with Crippen LogP contribution in [0.1, 0.15) is 106 Å². The van der Waals surface area contributed by atoms with E-state index in [-0.39, 0.29) is 97.3 Å². The van der Waals surface area contributed by atoms with E-state index in [9.17, 15) is 38.7 Å². The molecule has 0 aliphatic rings. The largest absolute Gasteiger partial charge is 0.491 e. The van der Waals surface area contributed by atoms with Gasteiger partial charge in [-0.1, -0.05) is 32.1 Å². The van der Waals surface area contributed by atoms with Crippen molar-refractivity contribution in [3.63, 3.8) is 0 Å². The number of rotatable bonds is 29. The Labute approximate surface area is 464 Å². The summed E-state index contributed by atoms with van der Waals surface area (Å²) in [5.74, 6) is -2.08. The highest BCUT2D eigenvalue weighted by Crippen LogP contribution is 2.43. The summed E-state index contributed by atoms with van der Waals surface area (Å²) in [6.45, 7) is 13.1. The predicted octanol–water partition coefficient (Wildman–Crippen LogP) is 5.56. The number of carbonyl (C=O) groups excluding carboxylic acids is 5. The number of nitrogens with zero attached hydrogens (tertiary/aromatic N) is 10. The van der Waals surface area contributed by atoms with Gasteiger partial charge >= 0.3 is 0 Å². The van der Waals surface area contributed by atoms with Gasteiger partial charge in [0, 0.05) is 72.3 Å². The summed E-state index contributed by atoms with van der Waals surface area (Å²) in [4.78, 5) is 104. The number of aryl methyl sites for hydroxylation is 4. The maximum absolute atomic E-state index is 14.0. The standard InChI is InChI=1S/C50H64N16O10P2.C2H6/c1-6-65-37(22-30(3)60-65)47(70)58-49-56-35-24-32(45(51)68)26-39(75-20-11-10-17-62-29-34(53-5)28-55-62)43(35)63(49)18-8-9-19-64-44-36(57-50(64)59-48(71)38-23-31(4)61-66(38)7-2)25-33(46(52)69)27-40(44)76-21-13-14-41(67)54-16-12-15-42(77-72)78(73)74;1-2/h8-11,22-29,42,53,72-74,77H,6-7,12-21H2,1-5H3,(H2,51,68)(H2,52,69)(H,54,67)(H,56,58,70)(H,57,59,71);1-2H3/b9-8+,11-10+;. The monoisotopic (exact) mass is 1140 g/mol. The summed E-state index contributed by atoms with van der Waals surface area (Å²) in [5.41, 5.74) is 15.9. The van der Waals surface area contributed by atoms with Crippen LogP contribution in [0.3, 0.4) is 0 Å². The van der Waals surface area contributed by atoms with Crippen LogP contribution in [0.15, 0.2) is 73.1 Å². The number of ether oxygens (including phenoxy) is 2. The van der Waals surface area contributed by atoms with Crippen molar-refractivity contribution in [1.29, 1.82) is 0 Å². The number of anilines is 3. The molecular formula is C52H70N16O10P2. The number of imidazole rings is 2. The third-order valence-corrected chi connectivity index (χ3v) is 14.6. The zero-order chi connectivity index (χ0) is 58.0. The molecule has 5 heterocycles. The minimum atomic E-state index is -2.28. The van der Waals surface area contributed by atoms with Crippen molar-refractivity contribution < 1.29 is 48.1 Å². The fourth-order valence-electron chi connectivity index (χ4n) is 8.38. The second-order valence-electron chi connectivity index (χ2n) is 17.8. The van der Waals surface area contributed by atoms with E-state index in [2.05, 4.69) is 36.6 Å². The molecule has 7 aromatic rings. The Hall–Kier alpha value is -8.02. The molecule has 2 aromatic carbocycles. The number of aromatic nitrogens is 10. The summed E-state index contributed by atoms with van der Waals surface area (Å²) in [5, 5.41) is 24.2. The highest BCUT2D eigenvalue weighted by Gasteiger charge is 2.24. The first kappa shape index (κ1) is 61.2. The van der Waals surface area contributed by atoms with Crippen LogP contribution in [-0.2, 0) is 37.5 Å². The summed E-state index contributed by atoms with van der Waals surface area (Å²) in [6, 6.07) is 9.30. The third kappa shape index (κ3) is 15.6. The molecule has 0 aliphatic heterocycles. The number of carbonyl (C=O) groups is 5. The number of primary amides is 2. The molecule has 0 aliphatic carbocycles. The van der Waals surface area contributed by atoms with Crippen LogP contribution in [0.5, 0.6) is 11.5 Å². The second-order valence-corrected chi connectivity index (χ2v) is 20.5. The number of amides is 5. The van der Waals surface area contributed by atoms with Gasteiger partial charge < -0.3 is 55.4 Å². The molecule has 7 rings (SSSR count). The van der Waals surface area contributed by atoms with Gasteiger partial charge in [0.1, 0.15) is 40.5 Å². The zero-order valence-electron chi connectivity index (χ0n) is 45.8. The van der Waals surface area contributed by atoms with Gasteiger partial charge in [0.15, 0.2) is 8.38 Å². The molecule has 26 nitrogen and oxygen atoms in total. The summed E-state index contributed by atoms with van der Waals surface area (Å²) in [7, 11) is -1.09. The lowest BCUT2D eigenvalue weighted by Crippen LogP contribution is -2.25. The fourth-order valence-corrected chi connectivity index (χ4v) is 9.54. The van der Waals surface area contributed by atoms with Gasteiger partial charge in [-0.2, -0.15) is 15.3 Å². The van der Waals surface area contributed by atoms with E-state index in [1.54, 1.807) is 80.6 Å². The number of fused-ring (bicyclic) bond motifs is 2. The van der Waals surface area contributed by atoms with Crippen molar-refractivity contribution in [3.8, 4) is 11.5 Å². The van der Waals surface area contributed by atoms with Crippen LogP contribution in [0.25, 0.3) is 22.1 Å². The Morgan fingerprint density at radius 2 is 1.27 bits per heavy atom. The van der Waals surface area contributed by atoms with Crippen LogP contribution in [0.4, 0.5) is 17.6 Å². The molecule has 2 unspecified atom stereocenters. The molecule has 5 aromatic heterocycles. The minimum absolute atomic E-state index is 0.0236. The minimum Gasteiger partial charge on any atom is -0.491 e. The van der Waals surface area contributed by atoms with Crippen molar-refractivity contribution >= 4 is 86.4 Å². The van der Waals surface area contributed by atoms with Crippen molar-refractivity contribution in [3.05, 3.63) is 107 Å². The fraction of sp³-hybridized carbons (Fsp3) is 0.385. The lowest BCUT2D eigenvalue weighted by molar-refractivity contribution is -0.121. The number of hydrogen-bond donors (Lipinski definition) is 9. The van der Waals surface area contributed by atoms with Crippen molar-refractivity contribution in [2.75, 3.05) is 42.8 Å². The molecule has 0 radical (unpaired) electrons. The van der Waals surface area contributed by atoms with Gasteiger partial charge in [0.25, 0.3) is 11.8 Å². The van der Waals surface area contributed by atoms with Crippen LogP contribution < -0.4 is 42.2 Å². The number of nitrogens with two attached hydrogens (primary N) is 2. The Morgan fingerprint density at radius 1 is 0.750 bits per heavy atom. The first-order chi connectivity index (χ1) is 38.5. The van der Waals surface area contributed by atoms with Crippen molar-refractivity contribution in [1.82, 2.24) is 53.8 Å². The summed E-state index contributed by atoms with van der Waals surface area (Å²) >= 11 is 0.